The summed E-state index contributed by atoms with van der Waals surface area (Å²) in [7, 11) is 0. The Morgan fingerprint density at radius 3 is 2.94 bits per heavy atom. The number of halogens is 1. The maximum atomic E-state index is 13.3. The maximum Gasteiger partial charge on any atom is 0.291 e. The van der Waals surface area contributed by atoms with Gasteiger partial charge in [-0.1, -0.05) is 18.2 Å². The van der Waals surface area contributed by atoms with Gasteiger partial charge in [-0.3, -0.25) is 9.48 Å². The predicted octanol–water partition coefficient (Wildman–Crippen LogP) is 4.98. The second-order valence-electron chi connectivity index (χ2n) is 7.85. The molecule has 0 aliphatic heterocycles. The third-order valence-electron chi connectivity index (χ3n) is 5.46. The van der Waals surface area contributed by atoms with Crippen molar-refractivity contribution in [3.63, 3.8) is 0 Å². The summed E-state index contributed by atoms with van der Waals surface area (Å²) in [5.41, 5.74) is 4.05. The Morgan fingerprint density at radius 2 is 2.03 bits per heavy atom. The van der Waals surface area contributed by atoms with Crippen LogP contribution in [0.5, 0.6) is 5.75 Å². The molecule has 7 heteroatoms. The molecule has 2 heterocycles. The van der Waals surface area contributed by atoms with Crippen LogP contribution in [-0.2, 0) is 26.0 Å². The van der Waals surface area contributed by atoms with E-state index in [9.17, 15) is 9.18 Å². The zero-order chi connectivity index (χ0) is 21.9. The summed E-state index contributed by atoms with van der Waals surface area (Å²) in [5, 5.41) is 6.97. The summed E-state index contributed by atoms with van der Waals surface area (Å²) in [4.78, 5) is 12.5. The van der Waals surface area contributed by atoms with Crippen molar-refractivity contribution in [2.24, 2.45) is 0 Å². The Bertz CT molecular complexity index is 1260. The average Bonchev–Trinajstić information content (AvgIpc) is 3.53. The number of hydrogen-bond donors (Lipinski definition) is 1. The van der Waals surface area contributed by atoms with E-state index in [-0.39, 0.29) is 24.1 Å². The van der Waals surface area contributed by atoms with Crippen molar-refractivity contribution in [3.05, 3.63) is 101 Å². The number of rotatable bonds is 7. The quantitative estimate of drug-likeness (QED) is 0.448. The molecule has 6 nitrogen and oxygen atoms in total. The molecule has 0 unspecified atom stereocenters. The van der Waals surface area contributed by atoms with Gasteiger partial charge in [0.1, 0.15) is 23.9 Å². The summed E-state index contributed by atoms with van der Waals surface area (Å²) < 4.78 is 26.4. The Kier molecular flexibility index (Phi) is 5.46. The second kappa shape index (κ2) is 8.70. The van der Waals surface area contributed by atoms with Crippen LogP contribution < -0.4 is 10.1 Å². The fourth-order valence-electron chi connectivity index (χ4n) is 3.90. The van der Waals surface area contributed by atoms with Crippen LogP contribution in [-0.4, -0.2) is 15.7 Å². The smallest absolute Gasteiger partial charge is 0.291 e. The minimum absolute atomic E-state index is 0.190. The van der Waals surface area contributed by atoms with E-state index < -0.39 is 0 Å². The van der Waals surface area contributed by atoms with Gasteiger partial charge < -0.3 is 14.5 Å². The lowest BCUT2D eigenvalue weighted by Gasteiger charge is -2.06. The number of anilines is 1. The van der Waals surface area contributed by atoms with Crippen LogP contribution in [0.4, 0.5) is 10.1 Å². The van der Waals surface area contributed by atoms with Crippen molar-refractivity contribution in [2.45, 2.75) is 32.4 Å². The number of fused-ring (bicyclic) bond motifs is 1. The summed E-state index contributed by atoms with van der Waals surface area (Å²) in [6, 6.07) is 15.8. The van der Waals surface area contributed by atoms with Gasteiger partial charge in [-0.15, -0.1) is 0 Å². The molecule has 0 bridgehead atoms. The molecule has 1 aliphatic rings. The van der Waals surface area contributed by atoms with E-state index in [4.69, 9.17) is 9.15 Å². The van der Waals surface area contributed by atoms with Crippen molar-refractivity contribution in [2.75, 3.05) is 5.32 Å². The maximum absolute atomic E-state index is 13.3. The van der Waals surface area contributed by atoms with Gasteiger partial charge >= 0.3 is 0 Å². The SMILES string of the molecule is O=C(Nc1cnn(Cc2cccc(F)c2)c1)c1ccc(COc2ccc3c(c2)CCC3)o1. The highest BCUT2D eigenvalue weighted by molar-refractivity contribution is 6.02. The van der Waals surface area contributed by atoms with Crippen LogP contribution in [0.1, 0.15) is 39.4 Å². The van der Waals surface area contributed by atoms with Gasteiger partial charge in [-0.25, -0.2) is 4.39 Å². The molecular weight excluding hydrogens is 409 g/mol. The van der Waals surface area contributed by atoms with Crippen LogP contribution in [0.15, 0.2) is 71.4 Å². The third kappa shape index (κ3) is 4.56. The number of carbonyl (C=O) groups excluding carboxylic acids is 1. The zero-order valence-electron chi connectivity index (χ0n) is 17.4. The van der Waals surface area contributed by atoms with Crippen molar-refractivity contribution in [1.82, 2.24) is 9.78 Å². The first kappa shape index (κ1) is 20.1. The molecule has 0 fully saturated rings. The lowest BCUT2D eigenvalue weighted by Crippen LogP contribution is -2.10. The first-order valence-electron chi connectivity index (χ1n) is 10.5. The van der Waals surface area contributed by atoms with Crippen molar-refractivity contribution in [3.8, 4) is 5.75 Å². The highest BCUT2D eigenvalue weighted by atomic mass is 19.1. The van der Waals surface area contributed by atoms with Gasteiger partial charge in [-0.2, -0.15) is 5.10 Å². The molecule has 4 aromatic rings. The van der Waals surface area contributed by atoms with Gasteiger partial charge in [0, 0.05) is 6.20 Å². The Hall–Kier alpha value is -3.87. The molecule has 0 atom stereocenters. The van der Waals surface area contributed by atoms with Gasteiger partial charge in [0.25, 0.3) is 5.91 Å². The van der Waals surface area contributed by atoms with Gasteiger partial charge in [0.2, 0.25) is 0 Å². The van der Waals surface area contributed by atoms with Gasteiger partial charge in [-0.05, 0) is 72.4 Å². The number of furan rings is 1. The average molecular weight is 431 g/mol. The van der Waals surface area contributed by atoms with Crippen LogP contribution in [0.3, 0.4) is 0 Å². The molecule has 2 aromatic carbocycles. The Balaban J connectivity index is 1.17. The molecule has 5 rings (SSSR count). The summed E-state index contributed by atoms with van der Waals surface area (Å²) in [6.07, 6.45) is 6.65. The molecule has 32 heavy (non-hydrogen) atoms. The minimum atomic E-state index is -0.376. The number of benzene rings is 2. The first-order valence-corrected chi connectivity index (χ1v) is 10.5. The number of aryl methyl sites for hydroxylation is 2. The number of nitrogens with zero attached hydrogens (tertiary/aromatic N) is 2. The molecule has 162 valence electrons. The lowest BCUT2D eigenvalue weighted by molar-refractivity contribution is 0.0992. The predicted molar refractivity (Wildman–Crippen MR) is 117 cm³/mol. The fraction of sp³-hybridized carbons (Fsp3) is 0.200. The molecular formula is C25H22FN3O3. The van der Waals surface area contributed by atoms with E-state index in [1.165, 1.54) is 35.9 Å². The Labute approximate surface area is 184 Å². The van der Waals surface area contributed by atoms with Crippen molar-refractivity contribution in [1.29, 1.82) is 0 Å². The van der Waals surface area contributed by atoms with Crippen LogP contribution in [0, 0.1) is 5.82 Å². The molecule has 0 radical (unpaired) electrons. The third-order valence-corrected chi connectivity index (χ3v) is 5.46. The van der Waals surface area contributed by atoms with E-state index in [1.807, 2.05) is 12.1 Å². The number of amides is 1. The van der Waals surface area contributed by atoms with E-state index in [2.05, 4.69) is 22.5 Å². The number of nitrogens with one attached hydrogen (secondary N) is 1. The molecule has 0 spiro atoms. The molecule has 2 aromatic heterocycles. The van der Waals surface area contributed by atoms with Crippen LogP contribution in [0.2, 0.25) is 0 Å². The van der Waals surface area contributed by atoms with Crippen molar-refractivity contribution >= 4 is 11.6 Å². The van der Waals surface area contributed by atoms with E-state index in [0.29, 0.717) is 18.0 Å². The van der Waals surface area contributed by atoms with Crippen LogP contribution >= 0.6 is 0 Å². The Morgan fingerprint density at radius 1 is 1.12 bits per heavy atom. The molecule has 0 saturated heterocycles. The topological polar surface area (TPSA) is 69.3 Å². The highest BCUT2D eigenvalue weighted by Gasteiger charge is 2.14. The first-order chi connectivity index (χ1) is 15.6. The molecule has 1 aliphatic carbocycles. The lowest BCUT2D eigenvalue weighted by atomic mass is 10.1. The van der Waals surface area contributed by atoms with Gasteiger partial charge in [0.05, 0.1) is 18.4 Å². The number of aromatic nitrogens is 2. The molecule has 1 amide bonds. The number of ether oxygens (including phenoxy) is 1. The monoisotopic (exact) mass is 431 g/mol. The molecule has 1 N–H and O–H groups in total. The van der Waals surface area contributed by atoms with Crippen molar-refractivity contribution < 1.29 is 18.3 Å². The normalized spacial score (nSPS) is 12.5. The number of carbonyl (C=O) groups is 1. The largest absolute Gasteiger partial charge is 0.486 e. The summed E-state index contributed by atoms with van der Waals surface area (Å²) in [6.45, 7) is 0.649. The fourth-order valence-corrected chi connectivity index (χ4v) is 3.90. The second-order valence-corrected chi connectivity index (χ2v) is 7.85. The van der Waals surface area contributed by atoms with E-state index in [0.717, 1.165) is 24.2 Å². The zero-order valence-corrected chi connectivity index (χ0v) is 17.4. The highest BCUT2D eigenvalue weighted by Crippen LogP contribution is 2.26. The van der Waals surface area contributed by atoms with E-state index >= 15 is 0 Å². The van der Waals surface area contributed by atoms with Gasteiger partial charge in [0.15, 0.2) is 5.76 Å². The van der Waals surface area contributed by atoms with Crippen LogP contribution in [0.25, 0.3) is 0 Å². The minimum Gasteiger partial charge on any atom is -0.486 e. The standard InChI is InChI=1S/C25H22FN3O3/c26-20-6-1-3-17(11-20)14-29-15-21(13-27-29)28-25(30)24-10-9-23(32-24)16-31-22-8-7-18-4-2-5-19(18)12-22/h1,3,6-13,15H,2,4-5,14,16H2,(H,28,30). The molecule has 0 saturated carbocycles. The summed E-state index contributed by atoms with van der Waals surface area (Å²) >= 11 is 0. The summed E-state index contributed by atoms with van der Waals surface area (Å²) in [5.74, 6) is 0.891. The number of hydrogen-bond acceptors (Lipinski definition) is 4. The van der Waals surface area contributed by atoms with E-state index in [1.54, 1.807) is 29.1 Å².